The largest absolute Gasteiger partial charge is 0.119 e. The summed E-state index contributed by atoms with van der Waals surface area (Å²) in [5, 5.41) is 0. The average Bonchev–Trinajstić information content (AvgIpc) is 1.97. The van der Waals surface area contributed by atoms with Crippen LogP contribution in [0.4, 0.5) is 0 Å². The van der Waals surface area contributed by atoms with Crippen molar-refractivity contribution in [3.63, 3.8) is 0 Å². The van der Waals surface area contributed by atoms with E-state index in [0.29, 0.717) is 5.92 Å². The Bertz CT molecular complexity index is 182. The quantitative estimate of drug-likeness (QED) is 0.528. The molecular weight excluding hydrogens is 132 g/mol. The molecule has 1 atom stereocenters. The van der Waals surface area contributed by atoms with Crippen LogP contribution in [0.25, 0.3) is 0 Å². The lowest BCUT2D eigenvalue weighted by Crippen LogP contribution is -1.92. The van der Waals surface area contributed by atoms with Gasteiger partial charge >= 0.3 is 0 Å². The molecule has 1 unspecified atom stereocenters. The summed E-state index contributed by atoms with van der Waals surface area (Å²) in [6.45, 7) is 6.28. The summed E-state index contributed by atoms with van der Waals surface area (Å²) in [7, 11) is 0. The Kier molecular flexibility index (Phi) is 5.40. The molecule has 0 spiro atoms. The fourth-order valence-corrected chi connectivity index (χ4v) is 0.753. The third-order valence-corrected chi connectivity index (χ3v) is 1.32. The highest BCUT2D eigenvalue weighted by molar-refractivity contribution is 5.15. The first-order valence-corrected chi connectivity index (χ1v) is 4.17. The topological polar surface area (TPSA) is 0 Å². The molecule has 0 bridgehead atoms. The molecular formula is C11H16. The highest BCUT2D eigenvalue weighted by Gasteiger charge is 1.96. The zero-order chi connectivity index (χ0) is 8.69. The second-order valence-electron chi connectivity index (χ2n) is 2.95. The van der Waals surface area contributed by atoms with Crippen molar-refractivity contribution in [3.8, 4) is 24.2 Å². The Morgan fingerprint density at radius 1 is 1.27 bits per heavy atom. The molecule has 0 aromatic rings. The van der Waals surface area contributed by atoms with Crippen LogP contribution in [0.1, 0.15) is 33.6 Å². The summed E-state index contributed by atoms with van der Waals surface area (Å²) >= 11 is 0. The first-order valence-electron chi connectivity index (χ1n) is 4.17. The lowest BCUT2D eigenvalue weighted by molar-refractivity contribution is 0.724. The van der Waals surface area contributed by atoms with Gasteiger partial charge in [-0.1, -0.05) is 45.0 Å². The maximum atomic E-state index is 5.29. The van der Waals surface area contributed by atoms with E-state index in [1.807, 2.05) is 0 Å². The van der Waals surface area contributed by atoms with E-state index < -0.39 is 0 Å². The predicted molar refractivity (Wildman–Crippen MR) is 49.8 cm³/mol. The van der Waals surface area contributed by atoms with Gasteiger partial charge in [-0.25, -0.2) is 0 Å². The molecule has 0 rings (SSSR count). The van der Waals surface area contributed by atoms with Crippen molar-refractivity contribution in [2.24, 2.45) is 11.8 Å². The zero-order valence-corrected chi connectivity index (χ0v) is 7.65. The van der Waals surface area contributed by atoms with Crippen LogP contribution in [0, 0.1) is 36.0 Å². The van der Waals surface area contributed by atoms with Crippen LogP contribution >= 0.6 is 0 Å². The Hall–Kier alpha value is -0.880. The molecule has 0 saturated carbocycles. The molecule has 0 saturated heterocycles. The number of rotatable bonds is 2. The van der Waals surface area contributed by atoms with Gasteiger partial charge in [0, 0.05) is 5.92 Å². The van der Waals surface area contributed by atoms with Crippen molar-refractivity contribution in [1.29, 1.82) is 0 Å². The Balaban J connectivity index is 3.92. The first kappa shape index (κ1) is 10.1. The van der Waals surface area contributed by atoms with Crippen LogP contribution < -0.4 is 0 Å². The molecule has 0 aliphatic carbocycles. The van der Waals surface area contributed by atoms with Crippen molar-refractivity contribution in [2.45, 2.75) is 33.6 Å². The third kappa shape index (κ3) is 5.56. The summed E-state index contributed by atoms with van der Waals surface area (Å²) in [6, 6.07) is 0. The molecule has 60 valence electrons. The van der Waals surface area contributed by atoms with Gasteiger partial charge in [-0.3, -0.25) is 0 Å². The minimum Gasteiger partial charge on any atom is -0.119 e. The van der Waals surface area contributed by atoms with E-state index in [4.69, 9.17) is 6.42 Å². The lowest BCUT2D eigenvalue weighted by Gasteiger charge is -1.98. The Labute approximate surface area is 70.4 Å². The molecule has 0 aliphatic rings. The van der Waals surface area contributed by atoms with Gasteiger partial charge in [0.2, 0.25) is 0 Å². The summed E-state index contributed by atoms with van der Waals surface area (Å²) in [6.07, 6.45) is 7.43. The molecule has 0 amide bonds. The molecule has 0 aliphatic heterocycles. The second kappa shape index (κ2) is 5.87. The fraction of sp³-hybridized carbons (Fsp3) is 0.636. The minimum atomic E-state index is 0.169. The Morgan fingerprint density at radius 3 is 2.27 bits per heavy atom. The van der Waals surface area contributed by atoms with E-state index in [2.05, 4.69) is 38.5 Å². The maximum Gasteiger partial charge on any atom is 0.0808 e. The van der Waals surface area contributed by atoms with Gasteiger partial charge in [0.1, 0.15) is 0 Å². The van der Waals surface area contributed by atoms with Crippen molar-refractivity contribution in [1.82, 2.24) is 0 Å². The normalized spacial score (nSPS) is 11.5. The summed E-state index contributed by atoms with van der Waals surface area (Å²) < 4.78 is 0. The SMILES string of the molecule is C#CC(C#CC(C)C)CCC. The van der Waals surface area contributed by atoms with Gasteiger partial charge in [0.05, 0.1) is 5.92 Å². The number of hydrogen-bond donors (Lipinski definition) is 0. The number of terminal acetylenes is 1. The van der Waals surface area contributed by atoms with E-state index in [0.717, 1.165) is 12.8 Å². The van der Waals surface area contributed by atoms with E-state index in [1.165, 1.54) is 0 Å². The van der Waals surface area contributed by atoms with Crippen molar-refractivity contribution in [2.75, 3.05) is 0 Å². The van der Waals surface area contributed by atoms with Gasteiger partial charge in [-0.05, 0) is 6.42 Å². The molecule has 0 heteroatoms. The van der Waals surface area contributed by atoms with E-state index in [1.54, 1.807) is 0 Å². The summed E-state index contributed by atoms with van der Waals surface area (Å²) in [5.41, 5.74) is 0. The molecule has 0 N–H and O–H groups in total. The lowest BCUT2D eigenvalue weighted by atomic mass is 10.0. The maximum absolute atomic E-state index is 5.29. The van der Waals surface area contributed by atoms with Gasteiger partial charge in [0.15, 0.2) is 0 Å². The second-order valence-corrected chi connectivity index (χ2v) is 2.95. The van der Waals surface area contributed by atoms with E-state index >= 15 is 0 Å². The molecule has 0 aromatic heterocycles. The van der Waals surface area contributed by atoms with E-state index in [9.17, 15) is 0 Å². The first-order chi connectivity index (χ1) is 5.20. The predicted octanol–water partition coefficient (Wildman–Crippen LogP) is 2.70. The van der Waals surface area contributed by atoms with E-state index in [-0.39, 0.29) is 5.92 Å². The van der Waals surface area contributed by atoms with Crippen molar-refractivity contribution >= 4 is 0 Å². The molecule has 0 aromatic carbocycles. The van der Waals surface area contributed by atoms with Crippen LogP contribution in [0.3, 0.4) is 0 Å². The van der Waals surface area contributed by atoms with Gasteiger partial charge < -0.3 is 0 Å². The minimum absolute atomic E-state index is 0.169. The molecule has 0 nitrogen and oxygen atoms in total. The van der Waals surface area contributed by atoms with Gasteiger partial charge in [-0.15, -0.1) is 6.42 Å². The van der Waals surface area contributed by atoms with Crippen LogP contribution in [-0.4, -0.2) is 0 Å². The zero-order valence-electron chi connectivity index (χ0n) is 7.65. The highest BCUT2D eigenvalue weighted by atomic mass is 14.0. The van der Waals surface area contributed by atoms with Crippen LogP contribution in [0.15, 0.2) is 0 Å². The van der Waals surface area contributed by atoms with Crippen LogP contribution in [-0.2, 0) is 0 Å². The smallest absolute Gasteiger partial charge is 0.0808 e. The van der Waals surface area contributed by atoms with Crippen molar-refractivity contribution < 1.29 is 0 Å². The van der Waals surface area contributed by atoms with Gasteiger partial charge in [0.25, 0.3) is 0 Å². The standard InChI is InChI=1S/C11H16/c1-5-7-11(6-2)9-8-10(3)4/h2,10-11H,5,7H2,1,3-4H3. The average molecular weight is 148 g/mol. The molecule has 11 heavy (non-hydrogen) atoms. The van der Waals surface area contributed by atoms with Crippen LogP contribution in [0.2, 0.25) is 0 Å². The monoisotopic (exact) mass is 148 g/mol. The summed E-state index contributed by atoms with van der Waals surface area (Å²) in [5.74, 6) is 9.46. The third-order valence-electron chi connectivity index (χ3n) is 1.32. The summed E-state index contributed by atoms with van der Waals surface area (Å²) in [4.78, 5) is 0. The fourth-order valence-electron chi connectivity index (χ4n) is 0.753. The molecule has 0 fully saturated rings. The molecule has 0 radical (unpaired) electrons. The highest BCUT2D eigenvalue weighted by Crippen LogP contribution is 2.03. The van der Waals surface area contributed by atoms with Crippen molar-refractivity contribution in [3.05, 3.63) is 0 Å². The molecule has 0 heterocycles. The Morgan fingerprint density at radius 2 is 1.91 bits per heavy atom. The van der Waals surface area contributed by atoms with Gasteiger partial charge in [-0.2, -0.15) is 0 Å². The van der Waals surface area contributed by atoms with Crippen LogP contribution in [0.5, 0.6) is 0 Å². The number of hydrogen-bond acceptors (Lipinski definition) is 0.